The van der Waals surface area contributed by atoms with Crippen LogP contribution in [-0.4, -0.2) is 29.8 Å². The summed E-state index contributed by atoms with van der Waals surface area (Å²) in [4.78, 5) is 26.1. The van der Waals surface area contributed by atoms with Gasteiger partial charge in [-0.3, -0.25) is 9.59 Å². The van der Waals surface area contributed by atoms with E-state index in [4.69, 9.17) is 0 Å². The van der Waals surface area contributed by atoms with Crippen molar-refractivity contribution in [3.63, 3.8) is 0 Å². The Balaban J connectivity index is 1.42. The maximum Gasteiger partial charge on any atom is 0.251 e. The Morgan fingerprint density at radius 3 is 2.68 bits per heavy atom. The summed E-state index contributed by atoms with van der Waals surface area (Å²) in [6.07, 6.45) is 1.85. The molecule has 1 N–H and O–H groups in total. The number of amides is 2. The average molecular weight is 340 g/mol. The second-order valence-corrected chi connectivity index (χ2v) is 6.20. The highest BCUT2D eigenvalue weighted by atomic mass is 19.1. The first-order chi connectivity index (χ1) is 12.1. The van der Waals surface area contributed by atoms with Gasteiger partial charge in [0.25, 0.3) is 5.91 Å². The number of hydrogen-bond acceptors (Lipinski definition) is 2. The van der Waals surface area contributed by atoms with Gasteiger partial charge in [0, 0.05) is 31.6 Å². The predicted octanol–water partition coefficient (Wildman–Crippen LogP) is 2.92. The van der Waals surface area contributed by atoms with Crippen molar-refractivity contribution in [3.05, 3.63) is 71.0 Å². The molecule has 0 fully saturated rings. The second-order valence-electron chi connectivity index (χ2n) is 6.20. The normalized spacial score (nSPS) is 13.2. The van der Waals surface area contributed by atoms with Crippen molar-refractivity contribution in [2.24, 2.45) is 0 Å². The van der Waals surface area contributed by atoms with E-state index < -0.39 is 5.82 Å². The minimum atomic E-state index is -0.437. The molecule has 0 radical (unpaired) electrons. The van der Waals surface area contributed by atoms with E-state index in [9.17, 15) is 14.0 Å². The monoisotopic (exact) mass is 340 g/mol. The Labute approximate surface area is 146 Å². The maximum absolute atomic E-state index is 13.1. The third kappa shape index (κ3) is 4.44. The lowest BCUT2D eigenvalue weighted by Gasteiger charge is -2.29. The summed E-state index contributed by atoms with van der Waals surface area (Å²) < 4.78 is 13.1. The van der Waals surface area contributed by atoms with E-state index >= 15 is 0 Å². The molecule has 0 aliphatic carbocycles. The van der Waals surface area contributed by atoms with Crippen molar-refractivity contribution in [2.75, 3.05) is 13.1 Å². The van der Waals surface area contributed by atoms with Crippen LogP contribution in [0.3, 0.4) is 0 Å². The topological polar surface area (TPSA) is 49.4 Å². The van der Waals surface area contributed by atoms with Crippen LogP contribution in [-0.2, 0) is 17.8 Å². The van der Waals surface area contributed by atoms with Crippen LogP contribution in [0.2, 0.25) is 0 Å². The average Bonchev–Trinajstić information content (AvgIpc) is 2.64. The number of fused-ring (bicyclic) bond motifs is 1. The van der Waals surface area contributed by atoms with Gasteiger partial charge in [-0.15, -0.1) is 0 Å². The first-order valence-corrected chi connectivity index (χ1v) is 8.52. The Morgan fingerprint density at radius 1 is 1.08 bits per heavy atom. The lowest BCUT2D eigenvalue weighted by atomic mass is 9.99. The number of halogens is 1. The summed E-state index contributed by atoms with van der Waals surface area (Å²) in [5.74, 6) is -0.651. The quantitative estimate of drug-likeness (QED) is 0.851. The van der Waals surface area contributed by atoms with Gasteiger partial charge in [0.15, 0.2) is 0 Å². The smallest absolute Gasteiger partial charge is 0.251 e. The summed E-state index contributed by atoms with van der Waals surface area (Å²) in [6.45, 7) is 1.79. The number of rotatable bonds is 5. The zero-order valence-corrected chi connectivity index (χ0v) is 14.0. The van der Waals surface area contributed by atoms with Crippen molar-refractivity contribution in [3.8, 4) is 0 Å². The number of carbonyl (C=O) groups excluding carboxylic acids is 2. The molecule has 5 heteroatoms. The third-order valence-corrected chi connectivity index (χ3v) is 4.42. The fourth-order valence-corrected chi connectivity index (χ4v) is 3.04. The van der Waals surface area contributed by atoms with Gasteiger partial charge < -0.3 is 10.2 Å². The second kappa shape index (κ2) is 7.92. The molecule has 0 aromatic heterocycles. The highest BCUT2D eigenvalue weighted by Crippen LogP contribution is 2.19. The molecular weight excluding hydrogens is 319 g/mol. The molecule has 2 amide bonds. The molecule has 0 saturated carbocycles. The molecule has 2 aromatic carbocycles. The largest absolute Gasteiger partial charge is 0.352 e. The molecule has 0 bridgehead atoms. The molecule has 25 heavy (non-hydrogen) atoms. The van der Waals surface area contributed by atoms with E-state index in [0.29, 0.717) is 31.5 Å². The fraction of sp³-hybridized carbons (Fsp3) is 0.300. The predicted molar refractivity (Wildman–Crippen MR) is 93.5 cm³/mol. The zero-order chi connectivity index (χ0) is 17.6. The maximum atomic E-state index is 13.1. The molecule has 0 unspecified atom stereocenters. The first kappa shape index (κ1) is 17.1. The molecule has 0 spiro atoms. The Morgan fingerprint density at radius 2 is 1.88 bits per heavy atom. The molecular formula is C20H21FN2O2. The number of benzene rings is 2. The van der Waals surface area contributed by atoms with Crippen LogP contribution in [0.4, 0.5) is 4.39 Å². The number of hydrogen-bond donors (Lipinski definition) is 1. The van der Waals surface area contributed by atoms with Gasteiger partial charge in [0.05, 0.1) is 0 Å². The minimum absolute atomic E-state index is 0.106. The minimum Gasteiger partial charge on any atom is -0.352 e. The van der Waals surface area contributed by atoms with Crippen LogP contribution in [0.15, 0.2) is 48.5 Å². The number of nitrogens with one attached hydrogen (secondary N) is 1. The zero-order valence-electron chi connectivity index (χ0n) is 14.0. The van der Waals surface area contributed by atoms with E-state index in [1.54, 1.807) is 6.07 Å². The summed E-state index contributed by atoms with van der Waals surface area (Å²) >= 11 is 0. The van der Waals surface area contributed by atoms with Crippen LogP contribution in [0.1, 0.15) is 34.3 Å². The molecule has 1 aliphatic rings. The molecule has 2 aromatic rings. The van der Waals surface area contributed by atoms with Gasteiger partial charge in [-0.05, 0) is 42.2 Å². The van der Waals surface area contributed by atoms with Crippen molar-refractivity contribution in [2.45, 2.75) is 25.8 Å². The van der Waals surface area contributed by atoms with Crippen molar-refractivity contribution < 1.29 is 14.0 Å². The van der Waals surface area contributed by atoms with Crippen LogP contribution < -0.4 is 5.32 Å². The molecule has 3 rings (SSSR count). The van der Waals surface area contributed by atoms with E-state index in [1.807, 2.05) is 17.0 Å². The lowest BCUT2D eigenvalue weighted by molar-refractivity contribution is -0.132. The number of nitrogens with zero attached hydrogens (tertiary/aromatic N) is 1. The Bertz CT molecular complexity index is 776. The van der Waals surface area contributed by atoms with Crippen molar-refractivity contribution in [1.82, 2.24) is 10.2 Å². The summed E-state index contributed by atoms with van der Waals surface area (Å²) in [5.41, 5.74) is 2.81. The van der Waals surface area contributed by atoms with Gasteiger partial charge in [-0.2, -0.15) is 0 Å². The van der Waals surface area contributed by atoms with Crippen LogP contribution in [0, 0.1) is 5.82 Å². The molecule has 1 aliphatic heterocycles. The molecule has 130 valence electrons. The summed E-state index contributed by atoms with van der Waals surface area (Å²) in [6, 6.07) is 13.8. The van der Waals surface area contributed by atoms with Crippen LogP contribution >= 0.6 is 0 Å². The third-order valence-electron chi connectivity index (χ3n) is 4.42. The van der Waals surface area contributed by atoms with Crippen molar-refractivity contribution in [1.29, 1.82) is 0 Å². The van der Waals surface area contributed by atoms with Crippen LogP contribution in [0.25, 0.3) is 0 Å². The van der Waals surface area contributed by atoms with Gasteiger partial charge in [-0.1, -0.05) is 30.3 Å². The standard InChI is InChI=1S/C20H21FN2O2/c21-18-8-3-7-16(13-18)20(25)22-11-4-9-19(24)23-12-10-15-5-1-2-6-17(15)14-23/h1-3,5-8,13H,4,9-12,14H2,(H,22,25). The van der Waals surface area contributed by atoms with Gasteiger partial charge in [0.1, 0.15) is 5.82 Å². The van der Waals surface area contributed by atoms with E-state index in [-0.39, 0.29) is 11.8 Å². The van der Waals surface area contributed by atoms with E-state index in [1.165, 1.54) is 29.3 Å². The summed E-state index contributed by atoms with van der Waals surface area (Å²) in [7, 11) is 0. The highest BCUT2D eigenvalue weighted by molar-refractivity contribution is 5.94. The first-order valence-electron chi connectivity index (χ1n) is 8.52. The fourth-order valence-electron chi connectivity index (χ4n) is 3.04. The van der Waals surface area contributed by atoms with Gasteiger partial charge >= 0.3 is 0 Å². The lowest BCUT2D eigenvalue weighted by Crippen LogP contribution is -2.36. The van der Waals surface area contributed by atoms with Crippen LogP contribution in [0.5, 0.6) is 0 Å². The van der Waals surface area contributed by atoms with Gasteiger partial charge in [0.2, 0.25) is 5.91 Å². The number of carbonyl (C=O) groups is 2. The van der Waals surface area contributed by atoms with E-state index in [2.05, 4.69) is 17.4 Å². The Hall–Kier alpha value is -2.69. The Kier molecular flexibility index (Phi) is 5.43. The summed E-state index contributed by atoms with van der Waals surface area (Å²) in [5, 5.41) is 2.72. The molecule has 0 atom stereocenters. The van der Waals surface area contributed by atoms with Gasteiger partial charge in [-0.25, -0.2) is 4.39 Å². The molecule has 1 heterocycles. The molecule has 0 saturated heterocycles. The van der Waals surface area contributed by atoms with Crippen molar-refractivity contribution >= 4 is 11.8 Å². The molecule has 4 nitrogen and oxygen atoms in total. The SMILES string of the molecule is O=C(NCCCC(=O)N1CCc2ccccc2C1)c1cccc(F)c1. The van der Waals surface area contributed by atoms with E-state index in [0.717, 1.165) is 13.0 Å². The highest BCUT2D eigenvalue weighted by Gasteiger charge is 2.19.